The van der Waals surface area contributed by atoms with Gasteiger partial charge < -0.3 is 21.5 Å². The number of hydrogen-bond acceptors (Lipinski definition) is 4. The van der Waals surface area contributed by atoms with Gasteiger partial charge in [-0.2, -0.15) is 0 Å². The first-order valence-corrected chi connectivity index (χ1v) is 13.0. The molecule has 1 aliphatic rings. The fourth-order valence-electron chi connectivity index (χ4n) is 4.64. The molecule has 1 unspecified atom stereocenters. The Morgan fingerprint density at radius 1 is 1.00 bits per heavy atom. The molecule has 0 aliphatic heterocycles. The van der Waals surface area contributed by atoms with Gasteiger partial charge in [0, 0.05) is 18.0 Å². The molecule has 0 radical (unpaired) electrons. The maximum Gasteiger partial charge on any atom is 0.326 e. The zero-order valence-electron chi connectivity index (χ0n) is 20.7. The molecule has 1 atom stereocenters. The van der Waals surface area contributed by atoms with E-state index in [1.165, 1.54) is 5.56 Å². The summed E-state index contributed by atoms with van der Waals surface area (Å²) in [4.78, 5) is 36.3. The van der Waals surface area contributed by atoms with E-state index in [1.807, 2.05) is 24.3 Å². The third-order valence-corrected chi connectivity index (χ3v) is 6.78. The molecule has 0 bridgehead atoms. The van der Waals surface area contributed by atoms with Gasteiger partial charge in [-0.05, 0) is 87.9 Å². The van der Waals surface area contributed by atoms with Crippen LogP contribution in [0.4, 0.5) is 0 Å². The first kappa shape index (κ1) is 27.8. The van der Waals surface area contributed by atoms with Crippen molar-refractivity contribution in [1.82, 2.24) is 10.6 Å². The lowest BCUT2D eigenvalue weighted by molar-refractivity contribution is -0.142. The van der Waals surface area contributed by atoms with Crippen LogP contribution in [0.15, 0.2) is 24.3 Å². The predicted molar refractivity (Wildman–Crippen MR) is 135 cm³/mol. The molecule has 7 heteroatoms. The van der Waals surface area contributed by atoms with Crippen molar-refractivity contribution in [2.24, 2.45) is 11.7 Å². The number of aliphatic carboxylic acids is 1. The fraction of sp³-hybridized carbons (Fsp3) is 0.667. The number of aryl methyl sites for hydroxylation is 1. The van der Waals surface area contributed by atoms with Crippen LogP contribution in [0.5, 0.6) is 0 Å². The van der Waals surface area contributed by atoms with Crippen LogP contribution >= 0.6 is 0 Å². The number of carbonyl (C=O) groups excluding carboxylic acids is 2. The third-order valence-electron chi connectivity index (χ3n) is 6.78. The summed E-state index contributed by atoms with van der Waals surface area (Å²) in [5, 5.41) is 15.4. The van der Waals surface area contributed by atoms with Gasteiger partial charge in [-0.3, -0.25) is 9.59 Å². The highest BCUT2D eigenvalue weighted by Crippen LogP contribution is 2.28. The van der Waals surface area contributed by atoms with Gasteiger partial charge in [-0.1, -0.05) is 38.3 Å². The van der Waals surface area contributed by atoms with E-state index >= 15 is 0 Å². The van der Waals surface area contributed by atoms with E-state index in [0.717, 1.165) is 77.2 Å². The summed E-state index contributed by atoms with van der Waals surface area (Å²) in [6.07, 6.45) is 11.2. The van der Waals surface area contributed by atoms with E-state index in [4.69, 9.17) is 5.73 Å². The number of benzene rings is 1. The van der Waals surface area contributed by atoms with Crippen molar-refractivity contribution in [3.63, 3.8) is 0 Å². The number of hydrogen-bond donors (Lipinski definition) is 4. The molecular weight excluding hydrogens is 430 g/mol. The molecule has 1 aliphatic carbocycles. The van der Waals surface area contributed by atoms with E-state index in [-0.39, 0.29) is 23.8 Å². The monoisotopic (exact) mass is 473 g/mol. The lowest BCUT2D eigenvalue weighted by Crippen LogP contribution is -2.43. The summed E-state index contributed by atoms with van der Waals surface area (Å²) in [6.45, 7) is 2.80. The Labute approximate surface area is 204 Å². The molecule has 190 valence electrons. The molecule has 2 amide bonds. The topological polar surface area (TPSA) is 122 Å². The highest BCUT2D eigenvalue weighted by Gasteiger charge is 2.28. The Morgan fingerprint density at radius 3 is 2.32 bits per heavy atom. The minimum atomic E-state index is -0.970. The Hall–Kier alpha value is -2.41. The fourth-order valence-corrected chi connectivity index (χ4v) is 4.64. The number of carboxylic acid groups (broad SMARTS) is 1. The van der Waals surface area contributed by atoms with Crippen LogP contribution in [0.3, 0.4) is 0 Å². The number of nitrogens with two attached hydrogens (primary N) is 1. The molecule has 0 spiro atoms. The Kier molecular flexibility index (Phi) is 12.7. The highest BCUT2D eigenvalue weighted by atomic mass is 16.4. The lowest BCUT2D eigenvalue weighted by atomic mass is 9.82. The quantitative estimate of drug-likeness (QED) is 0.285. The second-order valence-electron chi connectivity index (χ2n) is 9.64. The zero-order valence-corrected chi connectivity index (χ0v) is 20.7. The number of unbranched alkanes of at least 4 members (excludes halogenated alkanes) is 4. The van der Waals surface area contributed by atoms with E-state index in [2.05, 4.69) is 17.6 Å². The summed E-state index contributed by atoms with van der Waals surface area (Å²) in [5.74, 6) is -0.963. The average Bonchev–Trinajstić information content (AvgIpc) is 2.83. The Bertz CT molecular complexity index is 758. The molecule has 34 heavy (non-hydrogen) atoms. The summed E-state index contributed by atoms with van der Waals surface area (Å²) in [6, 6.07) is 7.10. The molecule has 5 N–H and O–H groups in total. The smallest absolute Gasteiger partial charge is 0.326 e. The highest BCUT2D eigenvalue weighted by molar-refractivity contribution is 5.94. The summed E-state index contributed by atoms with van der Waals surface area (Å²) >= 11 is 0. The van der Waals surface area contributed by atoms with E-state index in [0.29, 0.717) is 18.4 Å². The second-order valence-corrected chi connectivity index (χ2v) is 9.64. The van der Waals surface area contributed by atoms with Crippen LogP contribution in [0, 0.1) is 5.92 Å². The summed E-state index contributed by atoms with van der Waals surface area (Å²) < 4.78 is 0. The zero-order chi connectivity index (χ0) is 24.8. The second kappa shape index (κ2) is 15.5. The van der Waals surface area contributed by atoms with Gasteiger partial charge in [-0.15, -0.1) is 0 Å². The summed E-state index contributed by atoms with van der Waals surface area (Å²) in [5.41, 5.74) is 7.44. The van der Waals surface area contributed by atoms with Gasteiger partial charge in [0.25, 0.3) is 5.91 Å². The maximum atomic E-state index is 12.7. The minimum absolute atomic E-state index is 0.0547. The van der Waals surface area contributed by atoms with Crippen molar-refractivity contribution >= 4 is 17.8 Å². The predicted octanol–water partition coefficient (Wildman–Crippen LogP) is 4.19. The summed E-state index contributed by atoms with van der Waals surface area (Å²) in [7, 11) is 0. The minimum Gasteiger partial charge on any atom is -0.480 e. The normalized spacial score (nSPS) is 18.8. The molecule has 1 saturated carbocycles. The Morgan fingerprint density at radius 2 is 1.71 bits per heavy atom. The van der Waals surface area contributed by atoms with E-state index < -0.39 is 12.0 Å². The molecule has 1 fully saturated rings. The maximum absolute atomic E-state index is 12.7. The molecule has 1 aromatic carbocycles. The average molecular weight is 474 g/mol. The molecule has 0 heterocycles. The number of rotatable bonds is 15. The SMILES string of the molecule is CCCCCC(=O)NC(CC1CCC(NC(=O)c2ccc(CCCCCN)cc2)CC1)C(=O)O. The largest absolute Gasteiger partial charge is 0.480 e. The van der Waals surface area contributed by atoms with Crippen molar-refractivity contribution in [3.05, 3.63) is 35.4 Å². The van der Waals surface area contributed by atoms with Crippen molar-refractivity contribution in [2.45, 2.75) is 102 Å². The van der Waals surface area contributed by atoms with Gasteiger partial charge in [0.2, 0.25) is 5.91 Å². The van der Waals surface area contributed by atoms with Crippen LogP contribution in [0.2, 0.25) is 0 Å². The number of amides is 2. The first-order valence-electron chi connectivity index (χ1n) is 13.0. The van der Waals surface area contributed by atoms with Crippen LogP contribution in [-0.4, -0.2) is 41.5 Å². The van der Waals surface area contributed by atoms with Crippen LogP contribution in [-0.2, 0) is 16.0 Å². The molecule has 0 aromatic heterocycles. The van der Waals surface area contributed by atoms with Gasteiger partial charge >= 0.3 is 5.97 Å². The number of carboxylic acids is 1. The van der Waals surface area contributed by atoms with Gasteiger partial charge in [0.1, 0.15) is 6.04 Å². The van der Waals surface area contributed by atoms with Crippen LogP contribution in [0.1, 0.15) is 99.9 Å². The van der Waals surface area contributed by atoms with Crippen molar-refractivity contribution in [3.8, 4) is 0 Å². The van der Waals surface area contributed by atoms with Gasteiger partial charge in [0.05, 0.1) is 0 Å². The Balaban J connectivity index is 1.73. The number of nitrogens with one attached hydrogen (secondary N) is 2. The molecular formula is C27H43N3O4. The lowest BCUT2D eigenvalue weighted by Gasteiger charge is -2.30. The van der Waals surface area contributed by atoms with Crippen molar-refractivity contribution < 1.29 is 19.5 Å². The van der Waals surface area contributed by atoms with Crippen molar-refractivity contribution in [1.29, 1.82) is 0 Å². The standard InChI is InChI=1S/C27H43N3O4/c1-2-3-5-9-25(31)30-24(27(33)34)19-21-12-16-23(17-13-21)29-26(32)22-14-10-20(11-15-22)8-6-4-7-18-28/h10-11,14-15,21,23-24H,2-9,12-13,16-19,28H2,1H3,(H,29,32)(H,30,31)(H,33,34). The van der Waals surface area contributed by atoms with Gasteiger partial charge in [-0.25, -0.2) is 4.79 Å². The first-order chi connectivity index (χ1) is 16.4. The van der Waals surface area contributed by atoms with Crippen LogP contribution in [0.25, 0.3) is 0 Å². The third kappa shape index (κ3) is 10.2. The van der Waals surface area contributed by atoms with Gasteiger partial charge in [0.15, 0.2) is 0 Å². The van der Waals surface area contributed by atoms with E-state index in [1.54, 1.807) is 0 Å². The molecule has 7 nitrogen and oxygen atoms in total. The number of carbonyl (C=O) groups is 3. The molecule has 1 aromatic rings. The van der Waals surface area contributed by atoms with E-state index in [9.17, 15) is 19.5 Å². The molecule has 2 rings (SSSR count). The van der Waals surface area contributed by atoms with Crippen LogP contribution < -0.4 is 16.4 Å². The molecule has 0 saturated heterocycles. The van der Waals surface area contributed by atoms with Crippen molar-refractivity contribution in [2.75, 3.05) is 6.54 Å².